The Morgan fingerprint density at radius 3 is 2.62 bits per heavy atom. The van der Waals surface area contributed by atoms with E-state index in [0.717, 1.165) is 56.0 Å². The van der Waals surface area contributed by atoms with Gasteiger partial charge in [0.2, 0.25) is 0 Å². The van der Waals surface area contributed by atoms with Crippen molar-refractivity contribution >= 4 is 11.7 Å². The van der Waals surface area contributed by atoms with Crippen LogP contribution in [0.15, 0.2) is 54.6 Å². The lowest BCUT2D eigenvalue weighted by molar-refractivity contribution is 0.247. The second-order valence-electron chi connectivity index (χ2n) is 7.66. The van der Waals surface area contributed by atoms with Gasteiger partial charge in [-0.05, 0) is 43.9 Å². The van der Waals surface area contributed by atoms with Gasteiger partial charge in [-0.15, -0.1) is 10.2 Å². The highest BCUT2D eigenvalue weighted by molar-refractivity contribution is 5.89. The quantitative estimate of drug-likeness (QED) is 0.695. The van der Waals surface area contributed by atoms with E-state index < -0.39 is 0 Å². The van der Waals surface area contributed by atoms with Gasteiger partial charge in [0.1, 0.15) is 11.6 Å². The Kier molecular flexibility index (Phi) is 5.89. The van der Waals surface area contributed by atoms with Crippen LogP contribution in [0.2, 0.25) is 0 Å². The predicted octanol–water partition coefficient (Wildman–Crippen LogP) is 3.90. The van der Waals surface area contributed by atoms with Gasteiger partial charge in [-0.2, -0.15) is 0 Å². The Labute approximate surface area is 171 Å². The molecule has 1 aliphatic heterocycles. The lowest BCUT2D eigenvalue weighted by Gasteiger charge is -2.17. The molecule has 2 aromatic carbocycles. The number of rotatable bonds is 5. The standard InChI is InChI=1S/C23H27N5O/c1-17-7-10-19(11-8-17)24-23(29)25-20-12-14-22-27-26-21(28(22)16-15-20)13-9-18-5-3-2-4-6-18/h2-8,10-11,20H,9,12-16H2,1H3,(H2,24,25,29). The molecule has 2 amide bonds. The lowest BCUT2D eigenvalue weighted by Crippen LogP contribution is -2.38. The highest BCUT2D eigenvalue weighted by atomic mass is 16.2. The minimum Gasteiger partial charge on any atom is -0.335 e. The molecule has 0 bridgehead atoms. The van der Waals surface area contributed by atoms with Crippen LogP contribution in [-0.4, -0.2) is 26.8 Å². The van der Waals surface area contributed by atoms with Gasteiger partial charge < -0.3 is 15.2 Å². The minimum absolute atomic E-state index is 0.129. The first-order valence-corrected chi connectivity index (χ1v) is 10.3. The summed E-state index contributed by atoms with van der Waals surface area (Å²) >= 11 is 0. The topological polar surface area (TPSA) is 71.8 Å². The third kappa shape index (κ3) is 5.02. The normalized spacial score (nSPS) is 16.0. The number of urea groups is 1. The zero-order valence-electron chi connectivity index (χ0n) is 16.8. The second-order valence-corrected chi connectivity index (χ2v) is 7.66. The summed E-state index contributed by atoms with van der Waals surface area (Å²) in [6, 6.07) is 18.3. The molecule has 0 saturated carbocycles. The number of nitrogens with one attached hydrogen (secondary N) is 2. The van der Waals surface area contributed by atoms with Crippen LogP contribution in [0.3, 0.4) is 0 Å². The summed E-state index contributed by atoms with van der Waals surface area (Å²) in [5.74, 6) is 2.06. The molecule has 0 spiro atoms. The SMILES string of the molecule is Cc1ccc(NC(=O)NC2CCc3nnc(CCc4ccccc4)n3CC2)cc1. The van der Waals surface area contributed by atoms with E-state index in [1.165, 1.54) is 11.1 Å². The number of hydrogen-bond donors (Lipinski definition) is 2. The van der Waals surface area contributed by atoms with Crippen molar-refractivity contribution in [3.8, 4) is 0 Å². The molecule has 6 nitrogen and oxygen atoms in total. The van der Waals surface area contributed by atoms with Crippen molar-refractivity contribution in [2.24, 2.45) is 0 Å². The molecule has 1 aromatic heterocycles. The number of carbonyl (C=O) groups is 1. The summed E-state index contributed by atoms with van der Waals surface area (Å²) < 4.78 is 2.24. The van der Waals surface area contributed by atoms with E-state index in [-0.39, 0.29) is 12.1 Å². The molecule has 0 saturated heterocycles. The van der Waals surface area contributed by atoms with Crippen molar-refractivity contribution in [1.82, 2.24) is 20.1 Å². The van der Waals surface area contributed by atoms with Crippen molar-refractivity contribution in [3.05, 3.63) is 77.4 Å². The monoisotopic (exact) mass is 389 g/mol. The zero-order valence-corrected chi connectivity index (χ0v) is 16.8. The van der Waals surface area contributed by atoms with Gasteiger partial charge in [-0.25, -0.2) is 4.79 Å². The van der Waals surface area contributed by atoms with E-state index in [2.05, 4.69) is 49.7 Å². The maximum absolute atomic E-state index is 12.4. The van der Waals surface area contributed by atoms with Gasteiger partial charge in [-0.1, -0.05) is 48.0 Å². The molecule has 2 N–H and O–H groups in total. The second kappa shape index (κ2) is 8.90. The number of carbonyl (C=O) groups excluding carboxylic acids is 1. The highest BCUT2D eigenvalue weighted by Gasteiger charge is 2.21. The van der Waals surface area contributed by atoms with Crippen LogP contribution in [0.25, 0.3) is 0 Å². The van der Waals surface area contributed by atoms with Gasteiger partial charge in [0.15, 0.2) is 0 Å². The number of aryl methyl sites for hydroxylation is 4. The first-order valence-electron chi connectivity index (χ1n) is 10.3. The minimum atomic E-state index is -0.152. The molecule has 0 fully saturated rings. The fraction of sp³-hybridized carbons (Fsp3) is 0.348. The van der Waals surface area contributed by atoms with Crippen molar-refractivity contribution < 1.29 is 4.79 Å². The first-order chi connectivity index (χ1) is 14.2. The van der Waals surface area contributed by atoms with Crippen LogP contribution < -0.4 is 10.6 Å². The molecule has 1 aliphatic rings. The van der Waals surface area contributed by atoms with Crippen LogP contribution in [0.5, 0.6) is 0 Å². The Bertz CT molecular complexity index is 949. The number of nitrogens with zero attached hydrogens (tertiary/aromatic N) is 3. The molecule has 150 valence electrons. The predicted molar refractivity (Wildman–Crippen MR) is 114 cm³/mol. The molecule has 3 aromatic rings. The van der Waals surface area contributed by atoms with Crippen molar-refractivity contribution in [2.75, 3.05) is 5.32 Å². The maximum Gasteiger partial charge on any atom is 0.319 e. The van der Waals surface area contributed by atoms with Crippen LogP contribution in [0.4, 0.5) is 10.5 Å². The van der Waals surface area contributed by atoms with E-state index in [0.29, 0.717) is 0 Å². The fourth-order valence-electron chi connectivity index (χ4n) is 3.77. The van der Waals surface area contributed by atoms with E-state index in [1.54, 1.807) is 0 Å². The van der Waals surface area contributed by atoms with E-state index in [9.17, 15) is 4.79 Å². The van der Waals surface area contributed by atoms with Gasteiger partial charge in [0.25, 0.3) is 0 Å². The third-order valence-electron chi connectivity index (χ3n) is 5.45. The van der Waals surface area contributed by atoms with Crippen LogP contribution in [0.1, 0.15) is 35.6 Å². The molecular formula is C23H27N5O. The number of fused-ring (bicyclic) bond motifs is 1. The highest BCUT2D eigenvalue weighted by Crippen LogP contribution is 2.17. The molecule has 0 aliphatic carbocycles. The average molecular weight is 390 g/mol. The summed E-state index contributed by atoms with van der Waals surface area (Å²) in [5.41, 5.74) is 3.29. The molecule has 0 radical (unpaired) electrons. The molecular weight excluding hydrogens is 362 g/mol. The Balaban J connectivity index is 1.31. The van der Waals surface area contributed by atoms with E-state index in [4.69, 9.17) is 0 Å². The van der Waals surface area contributed by atoms with Crippen LogP contribution >= 0.6 is 0 Å². The van der Waals surface area contributed by atoms with Gasteiger partial charge in [-0.3, -0.25) is 0 Å². The number of benzene rings is 2. The van der Waals surface area contributed by atoms with Crippen molar-refractivity contribution in [3.63, 3.8) is 0 Å². The number of anilines is 1. The van der Waals surface area contributed by atoms with Gasteiger partial charge >= 0.3 is 6.03 Å². The summed E-state index contributed by atoms with van der Waals surface area (Å²) in [6.45, 7) is 2.86. The number of hydrogen-bond acceptors (Lipinski definition) is 3. The van der Waals surface area contributed by atoms with Crippen LogP contribution in [-0.2, 0) is 25.8 Å². The van der Waals surface area contributed by atoms with Gasteiger partial charge in [0.05, 0.1) is 0 Å². The molecule has 6 heteroatoms. The van der Waals surface area contributed by atoms with E-state index in [1.807, 2.05) is 37.3 Å². The summed E-state index contributed by atoms with van der Waals surface area (Å²) in [6.07, 6.45) is 4.42. The lowest BCUT2D eigenvalue weighted by atomic mass is 10.1. The Morgan fingerprint density at radius 2 is 1.83 bits per heavy atom. The number of aromatic nitrogens is 3. The third-order valence-corrected chi connectivity index (χ3v) is 5.45. The zero-order chi connectivity index (χ0) is 20.1. The molecule has 29 heavy (non-hydrogen) atoms. The molecule has 2 heterocycles. The smallest absolute Gasteiger partial charge is 0.319 e. The summed E-state index contributed by atoms with van der Waals surface area (Å²) in [7, 11) is 0. The first kappa shape index (κ1) is 19.2. The van der Waals surface area contributed by atoms with Crippen LogP contribution in [0, 0.1) is 6.92 Å². The molecule has 4 rings (SSSR count). The largest absolute Gasteiger partial charge is 0.335 e. The molecule has 1 atom stereocenters. The summed E-state index contributed by atoms with van der Waals surface area (Å²) in [4.78, 5) is 12.4. The molecule has 1 unspecified atom stereocenters. The Morgan fingerprint density at radius 1 is 1.03 bits per heavy atom. The number of amides is 2. The van der Waals surface area contributed by atoms with Gasteiger partial charge in [0, 0.05) is 31.1 Å². The van der Waals surface area contributed by atoms with E-state index >= 15 is 0 Å². The summed E-state index contributed by atoms with van der Waals surface area (Å²) in [5, 5.41) is 14.8. The Hall–Kier alpha value is -3.15. The maximum atomic E-state index is 12.4. The van der Waals surface area contributed by atoms with Crippen molar-refractivity contribution in [2.45, 2.75) is 51.6 Å². The fourth-order valence-corrected chi connectivity index (χ4v) is 3.77. The van der Waals surface area contributed by atoms with Crippen molar-refractivity contribution in [1.29, 1.82) is 0 Å². The average Bonchev–Trinajstić information content (AvgIpc) is 3.01.